The smallest absolute Gasteiger partial charge is 0.331 e. The van der Waals surface area contributed by atoms with Crippen LogP contribution in [0, 0.1) is 5.92 Å². The average Bonchev–Trinajstić information content (AvgIpc) is 2.75. The van der Waals surface area contributed by atoms with E-state index in [1.54, 1.807) is 19.9 Å². The Balaban J connectivity index is 2.94. The highest BCUT2D eigenvalue weighted by atomic mass is 79.9. The summed E-state index contributed by atoms with van der Waals surface area (Å²) in [4.78, 5) is 24.8. The molecule has 0 radical (unpaired) electrons. The molecule has 106 valence electrons. The summed E-state index contributed by atoms with van der Waals surface area (Å²) in [5.74, 6) is -0.758. The van der Waals surface area contributed by atoms with E-state index in [4.69, 9.17) is 4.74 Å². The summed E-state index contributed by atoms with van der Waals surface area (Å²) in [6.45, 7) is 7.48. The van der Waals surface area contributed by atoms with Crippen LogP contribution in [0.1, 0.15) is 37.4 Å². The van der Waals surface area contributed by atoms with Gasteiger partial charge in [-0.15, -0.1) is 11.3 Å². The van der Waals surface area contributed by atoms with E-state index in [0.717, 1.165) is 4.47 Å². The van der Waals surface area contributed by atoms with Crippen molar-refractivity contribution in [3.63, 3.8) is 0 Å². The van der Waals surface area contributed by atoms with E-state index in [1.165, 1.54) is 11.3 Å². The third kappa shape index (κ3) is 3.57. The Hall–Kier alpha value is -0.880. The summed E-state index contributed by atoms with van der Waals surface area (Å²) in [6.07, 6.45) is 0. The molecular weight excluding hydrogens is 330 g/mol. The maximum absolute atomic E-state index is 12.2. The van der Waals surface area contributed by atoms with E-state index in [9.17, 15) is 9.59 Å². The van der Waals surface area contributed by atoms with Crippen molar-refractivity contribution in [2.24, 2.45) is 5.92 Å². The maximum atomic E-state index is 12.2. The van der Waals surface area contributed by atoms with Gasteiger partial charge in [0.15, 0.2) is 0 Å². The van der Waals surface area contributed by atoms with Crippen LogP contribution >= 0.6 is 27.3 Å². The lowest BCUT2D eigenvalue weighted by Crippen LogP contribution is -2.56. The van der Waals surface area contributed by atoms with E-state index in [-0.39, 0.29) is 11.8 Å². The highest BCUT2D eigenvalue weighted by molar-refractivity contribution is 9.10. The fourth-order valence-electron chi connectivity index (χ4n) is 1.46. The number of amides is 1. The second-order valence-electron chi connectivity index (χ2n) is 4.63. The first kappa shape index (κ1) is 16.2. The van der Waals surface area contributed by atoms with Gasteiger partial charge in [-0.1, -0.05) is 13.8 Å². The molecule has 1 N–H and O–H groups in total. The summed E-state index contributed by atoms with van der Waals surface area (Å²) >= 11 is 4.64. The van der Waals surface area contributed by atoms with E-state index >= 15 is 0 Å². The molecule has 0 aromatic carbocycles. The van der Waals surface area contributed by atoms with Gasteiger partial charge in [0.1, 0.15) is 10.4 Å². The molecule has 0 aliphatic rings. The molecule has 1 heterocycles. The minimum atomic E-state index is -1.03. The van der Waals surface area contributed by atoms with Crippen LogP contribution < -0.4 is 5.32 Å². The Labute approximate surface area is 125 Å². The van der Waals surface area contributed by atoms with Gasteiger partial charge in [-0.3, -0.25) is 4.79 Å². The SMILES string of the molecule is CCOC(=O)C(C)(NC(=O)c1sccc1Br)C(C)C. The molecule has 19 heavy (non-hydrogen) atoms. The summed E-state index contributed by atoms with van der Waals surface area (Å²) in [5.41, 5.74) is -1.03. The van der Waals surface area contributed by atoms with Crippen molar-refractivity contribution >= 4 is 39.1 Å². The van der Waals surface area contributed by atoms with Crippen molar-refractivity contribution in [1.29, 1.82) is 0 Å². The number of halogens is 1. The first-order chi connectivity index (χ1) is 8.82. The highest BCUT2D eigenvalue weighted by Crippen LogP contribution is 2.25. The number of thiophene rings is 1. The van der Waals surface area contributed by atoms with Gasteiger partial charge in [-0.05, 0) is 47.1 Å². The van der Waals surface area contributed by atoms with E-state index in [2.05, 4.69) is 21.2 Å². The molecule has 0 saturated heterocycles. The van der Waals surface area contributed by atoms with Gasteiger partial charge in [0, 0.05) is 4.47 Å². The second kappa shape index (κ2) is 6.52. The van der Waals surface area contributed by atoms with Gasteiger partial charge in [0.05, 0.1) is 6.61 Å². The normalized spacial score (nSPS) is 14.0. The molecule has 0 fully saturated rings. The minimum absolute atomic E-state index is 0.0748. The Kier molecular flexibility index (Phi) is 5.55. The highest BCUT2D eigenvalue weighted by Gasteiger charge is 2.40. The Morgan fingerprint density at radius 3 is 2.58 bits per heavy atom. The Bertz CT molecular complexity index is 472. The van der Waals surface area contributed by atoms with Crippen LogP contribution in [0.2, 0.25) is 0 Å². The number of carbonyl (C=O) groups excluding carboxylic acids is 2. The van der Waals surface area contributed by atoms with Crippen LogP contribution in [0.25, 0.3) is 0 Å². The molecule has 1 aromatic heterocycles. The van der Waals surface area contributed by atoms with Crippen LogP contribution in [-0.4, -0.2) is 24.0 Å². The topological polar surface area (TPSA) is 55.4 Å². The van der Waals surface area contributed by atoms with E-state index in [1.807, 2.05) is 19.2 Å². The van der Waals surface area contributed by atoms with Crippen LogP contribution in [0.15, 0.2) is 15.9 Å². The number of ether oxygens (including phenoxy) is 1. The van der Waals surface area contributed by atoms with E-state index < -0.39 is 11.5 Å². The Morgan fingerprint density at radius 2 is 2.16 bits per heavy atom. The van der Waals surface area contributed by atoms with Crippen molar-refractivity contribution in [2.45, 2.75) is 33.2 Å². The molecule has 0 aliphatic carbocycles. The van der Waals surface area contributed by atoms with Crippen LogP contribution in [0.5, 0.6) is 0 Å². The van der Waals surface area contributed by atoms with Gasteiger partial charge in [-0.25, -0.2) is 4.79 Å². The molecule has 4 nitrogen and oxygen atoms in total. The fraction of sp³-hybridized carbons (Fsp3) is 0.538. The average molecular weight is 348 g/mol. The maximum Gasteiger partial charge on any atom is 0.331 e. The summed E-state index contributed by atoms with van der Waals surface area (Å²) < 4.78 is 5.78. The van der Waals surface area contributed by atoms with Crippen LogP contribution in [0.3, 0.4) is 0 Å². The third-order valence-electron chi connectivity index (χ3n) is 3.05. The van der Waals surface area contributed by atoms with Crippen molar-refractivity contribution in [1.82, 2.24) is 5.32 Å². The Morgan fingerprint density at radius 1 is 1.53 bits per heavy atom. The standard InChI is InChI=1S/C13H18BrNO3S/c1-5-18-12(17)13(4,8(2)3)15-11(16)10-9(14)6-7-19-10/h6-8H,5H2,1-4H3,(H,15,16). The predicted molar refractivity (Wildman–Crippen MR) is 79.4 cm³/mol. The number of carbonyl (C=O) groups is 2. The van der Waals surface area contributed by atoms with Crippen LogP contribution in [-0.2, 0) is 9.53 Å². The predicted octanol–water partition coefficient (Wildman–Crippen LogP) is 3.22. The molecule has 1 unspecified atom stereocenters. The zero-order valence-electron chi connectivity index (χ0n) is 11.5. The van der Waals surface area contributed by atoms with Gasteiger partial charge < -0.3 is 10.1 Å². The fourth-order valence-corrected chi connectivity index (χ4v) is 2.91. The minimum Gasteiger partial charge on any atom is -0.464 e. The molecule has 0 aliphatic heterocycles. The summed E-state index contributed by atoms with van der Waals surface area (Å²) in [7, 11) is 0. The number of rotatable bonds is 5. The zero-order valence-corrected chi connectivity index (χ0v) is 13.9. The van der Waals surface area contributed by atoms with Crippen LogP contribution in [0.4, 0.5) is 0 Å². The number of esters is 1. The molecule has 1 aromatic rings. The monoisotopic (exact) mass is 347 g/mol. The lowest BCUT2D eigenvalue weighted by Gasteiger charge is -2.32. The number of nitrogens with one attached hydrogen (secondary N) is 1. The van der Waals surface area contributed by atoms with Crippen molar-refractivity contribution in [3.05, 3.63) is 20.8 Å². The first-order valence-corrected chi connectivity index (χ1v) is 7.72. The first-order valence-electron chi connectivity index (χ1n) is 6.05. The van der Waals surface area contributed by atoms with Crippen molar-refractivity contribution < 1.29 is 14.3 Å². The van der Waals surface area contributed by atoms with Gasteiger partial charge >= 0.3 is 5.97 Å². The third-order valence-corrected chi connectivity index (χ3v) is 4.89. The molecule has 6 heteroatoms. The molecule has 1 atom stereocenters. The second-order valence-corrected chi connectivity index (χ2v) is 6.40. The van der Waals surface area contributed by atoms with Gasteiger partial charge in [-0.2, -0.15) is 0 Å². The number of hydrogen-bond acceptors (Lipinski definition) is 4. The number of hydrogen-bond donors (Lipinski definition) is 1. The molecular formula is C13H18BrNO3S. The summed E-state index contributed by atoms with van der Waals surface area (Å²) in [6, 6.07) is 1.80. The lowest BCUT2D eigenvalue weighted by atomic mass is 9.88. The van der Waals surface area contributed by atoms with Crippen molar-refractivity contribution in [3.8, 4) is 0 Å². The zero-order chi connectivity index (χ0) is 14.6. The largest absolute Gasteiger partial charge is 0.464 e. The van der Waals surface area contributed by atoms with E-state index in [0.29, 0.717) is 11.5 Å². The quantitative estimate of drug-likeness (QED) is 0.832. The van der Waals surface area contributed by atoms with Gasteiger partial charge in [0.25, 0.3) is 5.91 Å². The summed E-state index contributed by atoms with van der Waals surface area (Å²) in [5, 5.41) is 4.60. The van der Waals surface area contributed by atoms with Crippen molar-refractivity contribution in [2.75, 3.05) is 6.61 Å². The molecule has 1 amide bonds. The molecule has 0 saturated carbocycles. The molecule has 0 spiro atoms. The van der Waals surface area contributed by atoms with Gasteiger partial charge in [0.2, 0.25) is 0 Å². The lowest BCUT2D eigenvalue weighted by molar-refractivity contribution is -0.152. The molecule has 1 rings (SSSR count). The molecule has 0 bridgehead atoms.